The minimum absolute atomic E-state index is 0.00446. The quantitative estimate of drug-likeness (QED) is 0.677. The number of amides is 1. The van der Waals surface area contributed by atoms with Crippen LogP contribution < -0.4 is 10.1 Å². The van der Waals surface area contributed by atoms with Gasteiger partial charge in [0.15, 0.2) is 6.61 Å². The Morgan fingerprint density at radius 2 is 1.81 bits per heavy atom. The van der Waals surface area contributed by atoms with Crippen molar-refractivity contribution in [2.24, 2.45) is 0 Å². The minimum atomic E-state index is -0.0900. The maximum absolute atomic E-state index is 11.6. The zero-order valence-electron chi connectivity index (χ0n) is 15.1. The fourth-order valence-electron chi connectivity index (χ4n) is 2.37. The number of ether oxygens (including phenoxy) is 1. The molecule has 3 rings (SSSR count). The third-order valence-electron chi connectivity index (χ3n) is 3.91. The number of pyridine rings is 1. The summed E-state index contributed by atoms with van der Waals surface area (Å²) < 4.78 is 5.53. The van der Waals surface area contributed by atoms with E-state index < -0.39 is 0 Å². The summed E-state index contributed by atoms with van der Waals surface area (Å²) in [6, 6.07) is 19.0. The summed E-state index contributed by atoms with van der Waals surface area (Å²) in [6.45, 7) is 0.00446. The van der Waals surface area contributed by atoms with Gasteiger partial charge in [0, 0.05) is 42.6 Å². The standard InChI is InChI=1S/C21H20ClN3O2/c1-25(2)21(26)14-27-19-5-3-4-18(12-19)24-20-11-8-16(13-23-20)15-6-9-17(22)10-7-15/h3-13H,14H2,1-2H3,(H,23,24). The maximum Gasteiger partial charge on any atom is 0.259 e. The van der Waals surface area contributed by atoms with Gasteiger partial charge in [-0.25, -0.2) is 4.98 Å². The van der Waals surface area contributed by atoms with Gasteiger partial charge >= 0.3 is 0 Å². The third-order valence-corrected chi connectivity index (χ3v) is 4.16. The summed E-state index contributed by atoms with van der Waals surface area (Å²) in [6.07, 6.45) is 1.81. The van der Waals surface area contributed by atoms with Gasteiger partial charge in [-0.05, 0) is 42.0 Å². The first kappa shape index (κ1) is 18.7. The van der Waals surface area contributed by atoms with Crippen LogP contribution in [-0.4, -0.2) is 36.5 Å². The highest BCUT2D eigenvalue weighted by atomic mass is 35.5. The molecule has 1 N–H and O–H groups in total. The van der Waals surface area contributed by atoms with E-state index in [0.29, 0.717) is 16.6 Å². The van der Waals surface area contributed by atoms with E-state index in [-0.39, 0.29) is 12.5 Å². The summed E-state index contributed by atoms with van der Waals surface area (Å²) in [5.74, 6) is 1.25. The first-order valence-corrected chi connectivity index (χ1v) is 8.81. The Hall–Kier alpha value is -3.05. The van der Waals surface area contributed by atoms with Crippen LogP contribution in [0.2, 0.25) is 5.02 Å². The molecule has 0 unspecified atom stereocenters. The number of nitrogens with one attached hydrogen (secondary N) is 1. The Bertz CT molecular complexity index is 909. The number of carbonyl (C=O) groups excluding carboxylic acids is 1. The lowest BCUT2D eigenvalue weighted by Gasteiger charge is -2.12. The van der Waals surface area contributed by atoms with Gasteiger partial charge < -0.3 is 15.0 Å². The van der Waals surface area contributed by atoms with Crippen LogP contribution in [-0.2, 0) is 4.79 Å². The summed E-state index contributed by atoms with van der Waals surface area (Å²) in [4.78, 5) is 17.6. The molecule has 0 aliphatic rings. The summed E-state index contributed by atoms with van der Waals surface area (Å²) >= 11 is 5.93. The Morgan fingerprint density at radius 1 is 1.07 bits per heavy atom. The van der Waals surface area contributed by atoms with Crippen molar-refractivity contribution in [3.05, 3.63) is 71.9 Å². The molecule has 0 atom stereocenters. The molecule has 138 valence electrons. The van der Waals surface area contributed by atoms with E-state index >= 15 is 0 Å². The number of likely N-dealkylation sites (N-methyl/N-ethyl adjacent to an activating group) is 1. The first-order valence-electron chi connectivity index (χ1n) is 8.43. The molecule has 0 aliphatic heterocycles. The van der Waals surface area contributed by atoms with Crippen molar-refractivity contribution >= 4 is 29.0 Å². The molecule has 0 spiro atoms. The van der Waals surface area contributed by atoms with E-state index in [2.05, 4.69) is 10.3 Å². The summed E-state index contributed by atoms with van der Waals surface area (Å²) in [5.41, 5.74) is 2.90. The number of halogens is 1. The van der Waals surface area contributed by atoms with Crippen molar-refractivity contribution in [1.82, 2.24) is 9.88 Å². The van der Waals surface area contributed by atoms with E-state index in [1.54, 1.807) is 14.1 Å². The van der Waals surface area contributed by atoms with Gasteiger partial charge in [0.2, 0.25) is 0 Å². The van der Waals surface area contributed by atoms with Gasteiger partial charge in [-0.3, -0.25) is 4.79 Å². The van der Waals surface area contributed by atoms with Crippen LogP contribution in [0.4, 0.5) is 11.5 Å². The molecular weight excluding hydrogens is 362 g/mol. The van der Waals surface area contributed by atoms with Gasteiger partial charge in [0.05, 0.1) is 0 Å². The second-order valence-corrected chi connectivity index (χ2v) is 6.61. The number of anilines is 2. The number of benzene rings is 2. The lowest BCUT2D eigenvalue weighted by Crippen LogP contribution is -2.27. The van der Waals surface area contributed by atoms with Gasteiger partial charge in [0.25, 0.3) is 5.91 Å². The predicted molar refractivity (Wildman–Crippen MR) is 109 cm³/mol. The van der Waals surface area contributed by atoms with Crippen molar-refractivity contribution in [3.63, 3.8) is 0 Å². The Labute approximate surface area is 163 Å². The molecule has 0 radical (unpaired) electrons. The van der Waals surface area contributed by atoms with E-state index in [1.807, 2.05) is 66.9 Å². The smallest absolute Gasteiger partial charge is 0.259 e. The Morgan fingerprint density at radius 3 is 2.48 bits per heavy atom. The van der Waals surface area contributed by atoms with Crippen LogP contribution in [0.3, 0.4) is 0 Å². The highest BCUT2D eigenvalue weighted by molar-refractivity contribution is 6.30. The normalized spacial score (nSPS) is 10.3. The second-order valence-electron chi connectivity index (χ2n) is 6.17. The molecule has 6 heteroatoms. The largest absolute Gasteiger partial charge is 0.484 e. The van der Waals surface area contributed by atoms with Crippen LogP contribution in [0.15, 0.2) is 66.9 Å². The molecule has 1 amide bonds. The summed E-state index contributed by atoms with van der Waals surface area (Å²) in [7, 11) is 3.39. The van der Waals surface area contributed by atoms with Gasteiger partial charge in [-0.15, -0.1) is 0 Å². The molecular formula is C21H20ClN3O2. The van der Waals surface area contributed by atoms with Crippen LogP contribution in [0.5, 0.6) is 5.75 Å². The maximum atomic E-state index is 11.6. The van der Waals surface area contributed by atoms with Crippen LogP contribution in [0.25, 0.3) is 11.1 Å². The zero-order valence-corrected chi connectivity index (χ0v) is 15.9. The van der Waals surface area contributed by atoms with Crippen molar-refractivity contribution in [2.45, 2.75) is 0 Å². The molecule has 1 heterocycles. The van der Waals surface area contributed by atoms with E-state index in [9.17, 15) is 4.79 Å². The highest BCUT2D eigenvalue weighted by Crippen LogP contribution is 2.24. The molecule has 0 bridgehead atoms. The van der Waals surface area contributed by atoms with Crippen LogP contribution >= 0.6 is 11.6 Å². The van der Waals surface area contributed by atoms with E-state index in [0.717, 1.165) is 16.8 Å². The van der Waals surface area contributed by atoms with Crippen LogP contribution in [0, 0.1) is 0 Å². The molecule has 3 aromatic rings. The molecule has 27 heavy (non-hydrogen) atoms. The summed E-state index contributed by atoms with van der Waals surface area (Å²) in [5, 5.41) is 3.94. The number of hydrogen-bond acceptors (Lipinski definition) is 4. The molecule has 0 aliphatic carbocycles. The minimum Gasteiger partial charge on any atom is -0.484 e. The lowest BCUT2D eigenvalue weighted by atomic mass is 10.1. The van der Waals surface area contributed by atoms with Crippen molar-refractivity contribution < 1.29 is 9.53 Å². The molecule has 0 saturated carbocycles. The monoisotopic (exact) mass is 381 g/mol. The van der Waals surface area contributed by atoms with Crippen molar-refractivity contribution in [2.75, 3.05) is 26.0 Å². The average Bonchev–Trinajstić information content (AvgIpc) is 2.67. The SMILES string of the molecule is CN(C)C(=O)COc1cccc(Nc2ccc(-c3ccc(Cl)cc3)cn2)c1. The number of nitrogens with zero attached hydrogens (tertiary/aromatic N) is 2. The van der Waals surface area contributed by atoms with E-state index in [1.165, 1.54) is 4.90 Å². The number of aromatic nitrogens is 1. The molecule has 5 nitrogen and oxygen atoms in total. The average molecular weight is 382 g/mol. The fourth-order valence-corrected chi connectivity index (χ4v) is 2.49. The zero-order chi connectivity index (χ0) is 19.2. The Kier molecular flexibility index (Phi) is 5.94. The van der Waals surface area contributed by atoms with Gasteiger partial charge in [-0.2, -0.15) is 0 Å². The second kappa shape index (κ2) is 8.56. The predicted octanol–water partition coefficient (Wildman–Crippen LogP) is 4.61. The first-order chi connectivity index (χ1) is 13.0. The molecule has 2 aromatic carbocycles. The van der Waals surface area contributed by atoms with Gasteiger partial charge in [-0.1, -0.05) is 29.8 Å². The van der Waals surface area contributed by atoms with E-state index in [4.69, 9.17) is 16.3 Å². The lowest BCUT2D eigenvalue weighted by molar-refractivity contribution is -0.130. The number of hydrogen-bond donors (Lipinski definition) is 1. The third kappa shape index (κ3) is 5.21. The highest BCUT2D eigenvalue weighted by Gasteiger charge is 2.06. The number of rotatable bonds is 6. The molecule has 0 saturated heterocycles. The van der Waals surface area contributed by atoms with Gasteiger partial charge in [0.1, 0.15) is 11.6 Å². The van der Waals surface area contributed by atoms with Crippen LogP contribution in [0.1, 0.15) is 0 Å². The van der Waals surface area contributed by atoms with Crippen molar-refractivity contribution in [1.29, 1.82) is 0 Å². The topological polar surface area (TPSA) is 54.5 Å². The Balaban J connectivity index is 1.66. The van der Waals surface area contributed by atoms with Crippen molar-refractivity contribution in [3.8, 4) is 16.9 Å². The molecule has 1 aromatic heterocycles. The fraction of sp³-hybridized carbons (Fsp3) is 0.143. The molecule has 0 fully saturated rings. The number of carbonyl (C=O) groups is 1.